The molecule has 0 spiro atoms. The van der Waals surface area contributed by atoms with Crippen molar-refractivity contribution < 1.29 is 44.6 Å². The normalized spacial score (nSPS) is 19.1. The van der Waals surface area contributed by atoms with E-state index in [2.05, 4.69) is 16.4 Å². The Bertz CT molecular complexity index is 974. The van der Waals surface area contributed by atoms with Crippen molar-refractivity contribution in [3.8, 4) is 5.75 Å². The number of halogens is 8. The van der Waals surface area contributed by atoms with Crippen LogP contribution < -0.4 is 4.74 Å². The summed E-state index contributed by atoms with van der Waals surface area (Å²) in [6.45, 7) is 1.33. The third-order valence-electron chi connectivity index (χ3n) is 6.27. The van der Waals surface area contributed by atoms with Crippen LogP contribution in [0.2, 0.25) is 0 Å². The quantitative estimate of drug-likeness (QED) is 0.316. The van der Waals surface area contributed by atoms with E-state index in [1.807, 2.05) is 0 Å². The zero-order valence-electron chi connectivity index (χ0n) is 19.0. The molecule has 1 fully saturated rings. The van der Waals surface area contributed by atoms with Gasteiger partial charge in [-0.25, -0.2) is 13.2 Å². The van der Waals surface area contributed by atoms with Crippen molar-refractivity contribution in [2.75, 3.05) is 6.61 Å². The second-order valence-corrected chi connectivity index (χ2v) is 8.79. The Morgan fingerprint density at radius 2 is 1.49 bits per heavy atom. The van der Waals surface area contributed by atoms with Crippen LogP contribution in [-0.2, 0) is 17.3 Å². The summed E-state index contributed by atoms with van der Waals surface area (Å²) in [6, 6.07) is 4.26. The molecule has 0 N–H and O–H groups in total. The lowest BCUT2D eigenvalue weighted by atomic mass is 9.77. The Morgan fingerprint density at radius 3 is 2.03 bits per heavy atom. The van der Waals surface area contributed by atoms with Crippen molar-refractivity contribution >= 4 is 0 Å². The van der Waals surface area contributed by atoms with Gasteiger partial charge in [0, 0.05) is 0 Å². The van der Waals surface area contributed by atoms with Gasteiger partial charge in [-0.05, 0) is 79.3 Å². The largest absolute Gasteiger partial charge is 0.573 e. The number of benzene rings is 2. The van der Waals surface area contributed by atoms with E-state index >= 15 is 0 Å². The van der Waals surface area contributed by atoms with Gasteiger partial charge in [0.15, 0.2) is 11.6 Å². The fourth-order valence-electron chi connectivity index (χ4n) is 4.58. The van der Waals surface area contributed by atoms with E-state index in [0.29, 0.717) is 23.6 Å². The Hall–Kier alpha value is -2.36. The summed E-state index contributed by atoms with van der Waals surface area (Å²) in [4.78, 5) is 0. The van der Waals surface area contributed by atoms with Crippen LogP contribution in [0.4, 0.5) is 35.1 Å². The molecule has 0 unspecified atom stereocenters. The molecule has 0 bridgehead atoms. The third-order valence-corrected chi connectivity index (χ3v) is 6.27. The Kier molecular flexibility index (Phi) is 8.67. The Labute approximate surface area is 198 Å². The number of alkyl halides is 5. The first-order valence-electron chi connectivity index (χ1n) is 11.4. The van der Waals surface area contributed by atoms with Crippen LogP contribution in [-0.4, -0.2) is 13.0 Å². The minimum absolute atomic E-state index is 0.0304. The van der Waals surface area contributed by atoms with Gasteiger partial charge in [-0.15, -0.1) is 13.2 Å². The predicted octanol–water partition coefficient (Wildman–Crippen LogP) is 8.39. The molecular weight excluding hydrogens is 484 g/mol. The summed E-state index contributed by atoms with van der Waals surface area (Å²) in [6.07, 6.45) is -4.26. The minimum atomic E-state index is -5.09. The maximum absolute atomic E-state index is 14.6. The zero-order valence-corrected chi connectivity index (χ0v) is 19.0. The molecule has 1 aliphatic carbocycles. The van der Waals surface area contributed by atoms with Crippen LogP contribution in [0.25, 0.3) is 0 Å². The molecule has 2 aromatic rings. The predicted molar refractivity (Wildman–Crippen MR) is 113 cm³/mol. The number of hydrogen-bond donors (Lipinski definition) is 0. The van der Waals surface area contributed by atoms with Gasteiger partial charge in [0.05, 0.1) is 6.61 Å². The standard InChI is InChI=1S/C25H26F8O2/c1-2-3-15-4-7-17(8-5-15)18-13-20(27)23(21(28)14-18)24(29,30)34-11-10-16-6-9-22(19(26)12-16)35-25(31,32)33/h6,9,12-15,17H,2-5,7-8,10-11H2,1H3/t15-,17-. The van der Waals surface area contributed by atoms with Crippen LogP contribution in [0.1, 0.15) is 68.1 Å². The summed E-state index contributed by atoms with van der Waals surface area (Å²) in [5.41, 5.74) is -1.14. The number of rotatable bonds is 9. The molecule has 2 nitrogen and oxygen atoms in total. The summed E-state index contributed by atoms with van der Waals surface area (Å²) in [5.74, 6) is -4.78. The van der Waals surface area contributed by atoms with E-state index in [0.717, 1.165) is 56.7 Å². The van der Waals surface area contributed by atoms with Gasteiger partial charge in [-0.1, -0.05) is 25.8 Å². The van der Waals surface area contributed by atoms with Crippen LogP contribution in [0.5, 0.6) is 5.75 Å². The van der Waals surface area contributed by atoms with Crippen molar-refractivity contribution in [3.63, 3.8) is 0 Å². The van der Waals surface area contributed by atoms with Gasteiger partial charge < -0.3 is 9.47 Å². The van der Waals surface area contributed by atoms with Crippen molar-refractivity contribution in [1.29, 1.82) is 0 Å². The van der Waals surface area contributed by atoms with E-state index in [-0.39, 0.29) is 17.9 Å². The molecule has 0 atom stereocenters. The smallest absolute Gasteiger partial charge is 0.403 e. The summed E-state index contributed by atoms with van der Waals surface area (Å²) >= 11 is 0. The van der Waals surface area contributed by atoms with Gasteiger partial charge in [0.25, 0.3) is 0 Å². The lowest BCUT2D eigenvalue weighted by Gasteiger charge is -2.29. The van der Waals surface area contributed by atoms with Crippen LogP contribution in [0, 0.1) is 23.4 Å². The molecule has 0 amide bonds. The first kappa shape index (κ1) is 27.2. The van der Waals surface area contributed by atoms with Crippen LogP contribution in [0.3, 0.4) is 0 Å². The molecule has 0 radical (unpaired) electrons. The maximum atomic E-state index is 14.6. The van der Waals surface area contributed by atoms with E-state index < -0.39 is 47.8 Å². The molecule has 0 heterocycles. The van der Waals surface area contributed by atoms with Crippen molar-refractivity contribution in [2.24, 2.45) is 5.92 Å². The van der Waals surface area contributed by atoms with E-state index in [1.54, 1.807) is 0 Å². The van der Waals surface area contributed by atoms with Crippen molar-refractivity contribution in [2.45, 2.75) is 70.3 Å². The molecule has 0 aliphatic heterocycles. The van der Waals surface area contributed by atoms with Gasteiger partial charge in [0.1, 0.15) is 17.2 Å². The monoisotopic (exact) mass is 510 g/mol. The van der Waals surface area contributed by atoms with Crippen molar-refractivity contribution in [3.05, 3.63) is 64.5 Å². The third kappa shape index (κ3) is 7.32. The highest BCUT2D eigenvalue weighted by molar-refractivity contribution is 5.31. The lowest BCUT2D eigenvalue weighted by Crippen LogP contribution is -2.24. The SMILES string of the molecule is CCC[C@H]1CC[C@H](c2cc(F)c(C(F)(F)OCCc3ccc(OC(F)(F)F)c(F)c3)c(F)c2)CC1. The summed E-state index contributed by atoms with van der Waals surface area (Å²) < 4.78 is 116. The molecule has 0 aromatic heterocycles. The van der Waals surface area contributed by atoms with Gasteiger partial charge in [-0.3, -0.25) is 0 Å². The van der Waals surface area contributed by atoms with Gasteiger partial charge >= 0.3 is 12.5 Å². The highest BCUT2D eigenvalue weighted by Crippen LogP contribution is 2.40. The maximum Gasteiger partial charge on any atom is 0.573 e. The molecule has 10 heteroatoms. The molecular formula is C25H26F8O2. The molecule has 194 valence electrons. The van der Waals surface area contributed by atoms with Crippen LogP contribution >= 0.6 is 0 Å². The lowest BCUT2D eigenvalue weighted by molar-refractivity contribution is -0.275. The highest BCUT2D eigenvalue weighted by Gasteiger charge is 2.40. The molecule has 1 saturated carbocycles. The number of hydrogen-bond acceptors (Lipinski definition) is 2. The molecule has 2 aromatic carbocycles. The Balaban J connectivity index is 1.63. The van der Waals surface area contributed by atoms with Gasteiger partial charge in [-0.2, -0.15) is 8.78 Å². The Morgan fingerprint density at radius 1 is 0.857 bits per heavy atom. The second kappa shape index (κ2) is 11.1. The van der Waals surface area contributed by atoms with Crippen molar-refractivity contribution in [1.82, 2.24) is 0 Å². The molecule has 35 heavy (non-hydrogen) atoms. The average molecular weight is 510 g/mol. The topological polar surface area (TPSA) is 18.5 Å². The summed E-state index contributed by atoms with van der Waals surface area (Å²) in [5, 5.41) is 0. The fourth-order valence-corrected chi connectivity index (χ4v) is 4.58. The molecule has 1 aliphatic rings. The summed E-state index contributed by atoms with van der Waals surface area (Å²) in [7, 11) is 0. The average Bonchev–Trinajstić information content (AvgIpc) is 2.75. The van der Waals surface area contributed by atoms with E-state index in [4.69, 9.17) is 0 Å². The molecule has 0 saturated heterocycles. The first-order valence-corrected chi connectivity index (χ1v) is 11.4. The number of ether oxygens (including phenoxy) is 2. The highest BCUT2D eigenvalue weighted by atomic mass is 19.4. The fraction of sp³-hybridized carbons (Fsp3) is 0.520. The van der Waals surface area contributed by atoms with Crippen LogP contribution in [0.15, 0.2) is 30.3 Å². The van der Waals surface area contributed by atoms with E-state index in [1.165, 1.54) is 0 Å². The minimum Gasteiger partial charge on any atom is -0.403 e. The van der Waals surface area contributed by atoms with E-state index in [9.17, 15) is 35.1 Å². The van der Waals surface area contributed by atoms with Gasteiger partial charge in [0.2, 0.25) is 0 Å². The molecule has 3 rings (SSSR count). The first-order chi connectivity index (χ1) is 16.4. The zero-order chi connectivity index (χ0) is 25.8. The second-order valence-electron chi connectivity index (χ2n) is 8.79.